The molecule has 0 aliphatic rings. The van der Waals surface area contributed by atoms with Gasteiger partial charge in [-0.3, -0.25) is 4.99 Å². The van der Waals surface area contributed by atoms with E-state index in [1.54, 1.807) is 24.6 Å². The standard InChI is InChI=1S/C21H28N6S.HI/c1-15(16-8-6-9-17(12-16)27-11-7-10-24-27)25-20(22-5)23-13-19-26-18(14-28-19)21(2,3)4;/h6-12,14-15H,13H2,1-5H3,(H2,22,23,25);1H. The zero-order valence-electron chi connectivity index (χ0n) is 17.5. The Bertz CT molecular complexity index is 927. The van der Waals surface area contributed by atoms with Crippen molar-refractivity contribution in [3.05, 3.63) is 64.4 Å². The zero-order chi connectivity index (χ0) is 20.1. The first-order valence-corrected chi connectivity index (χ1v) is 10.3. The zero-order valence-corrected chi connectivity index (χ0v) is 20.7. The first kappa shape index (κ1) is 23.3. The normalized spacial score (nSPS) is 12.9. The second kappa shape index (κ2) is 10.2. The van der Waals surface area contributed by atoms with Crippen LogP contribution in [0.1, 0.15) is 50.0 Å². The van der Waals surface area contributed by atoms with Crippen LogP contribution >= 0.6 is 35.3 Å². The van der Waals surface area contributed by atoms with E-state index in [9.17, 15) is 0 Å². The molecule has 0 aliphatic carbocycles. The lowest BCUT2D eigenvalue weighted by atomic mass is 9.93. The monoisotopic (exact) mass is 524 g/mol. The molecule has 1 aromatic carbocycles. The molecule has 3 aromatic rings. The molecule has 0 saturated heterocycles. The summed E-state index contributed by atoms with van der Waals surface area (Å²) in [6.07, 6.45) is 3.72. The Kier molecular flexibility index (Phi) is 8.21. The smallest absolute Gasteiger partial charge is 0.191 e. The van der Waals surface area contributed by atoms with E-state index in [-0.39, 0.29) is 35.4 Å². The minimum atomic E-state index is 0. The number of hydrogen-bond donors (Lipinski definition) is 2. The number of nitrogens with zero attached hydrogens (tertiary/aromatic N) is 4. The minimum Gasteiger partial charge on any atom is -0.350 e. The van der Waals surface area contributed by atoms with E-state index >= 15 is 0 Å². The summed E-state index contributed by atoms with van der Waals surface area (Å²) in [5, 5.41) is 14.3. The maximum atomic E-state index is 4.73. The fourth-order valence-corrected chi connectivity index (χ4v) is 3.70. The van der Waals surface area contributed by atoms with Gasteiger partial charge in [0.25, 0.3) is 0 Å². The van der Waals surface area contributed by atoms with Crippen LogP contribution in [0.25, 0.3) is 5.69 Å². The van der Waals surface area contributed by atoms with Crippen molar-refractivity contribution in [1.82, 2.24) is 25.4 Å². The van der Waals surface area contributed by atoms with Crippen LogP contribution in [0.2, 0.25) is 0 Å². The molecule has 156 valence electrons. The first-order chi connectivity index (χ1) is 13.4. The average Bonchev–Trinajstić information content (AvgIpc) is 3.36. The van der Waals surface area contributed by atoms with Crippen molar-refractivity contribution in [3.63, 3.8) is 0 Å². The molecule has 0 fully saturated rings. The number of nitrogens with one attached hydrogen (secondary N) is 2. The van der Waals surface area contributed by atoms with Crippen LogP contribution in [0.3, 0.4) is 0 Å². The van der Waals surface area contributed by atoms with Crippen molar-refractivity contribution >= 4 is 41.3 Å². The molecular formula is C21H29IN6S. The lowest BCUT2D eigenvalue weighted by Crippen LogP contribution is -2.38. The lowest BCUT2D eigenvalue weighted by molar-refractivity contribution is 0.570. The molecule has 1 unspecified atom stereocenters. The van der Waals surface area contributed by atoms with Gasteiger partial charge in [-0.1, -0.05) is 32.9 Å². The molecule has 0 spiro atoms. The van der Waals surface area contributed by atoms with Crippen molar-refractivity contribution in [2.75, 3.05) is 7.05 Å². The third-order valence-corrected chi connectivity index (χ3v) is 5.29. The van der Waals surface area contributed by atoms with Gasteiger partial charge in [0.05, 0.1) is 24.0 Å². The Morgan fingerprint density at radius 2 is 2.07 bits per heavy atom. The van der Waals surface area contributed by atoms with Crippen molar-refractivity contribution in [1.29, 1.82) is 0 Å². The fraction of sp³-hybridized carbons (Fsp3) is 0.381. The summed E-state index contributed by atoms with van der Waals surface area (Å²) in [5.74, 6) is 0.754. The second-order valence-corrected chi connectivity index (χ2v) is 8.66. The second-order valence-electron chi connectivity index (χ2n) is 7.71. The van der Waals surface area contributed by atoms with E-state index in [0.29, 0.717) is 6.54 Å². The number of aromatic nitrogens is 3. The van der Waals surface area contributed by atoms with E-state index < -0.39 is 0 Å². The highest BCUT2D eigenvalue weighted by atomic mass is 127. The summed E-state index contributed by atoms with van der Waals surface area (Å²) < 4.78 is 1.86. The number of halogens is 1. The van der Waals surface area contributed by atoms with Crippen LogP contribution in [0.5, 0.6) is 0 Å². The number of aliphatic imine (C=N–C) groups is 1. The molecule has 6 nitrogen and oxygen atoms in total. The van der Waals surface area contributed by atoms with Crippen LogP contribution in [0.4, 0.5) is 0 Å². The van der Waals surface area contributed by atoms with Crippen molar-refractivity contribution in [2.24, 2.45) is 4.99 Å². The first-order valence-electron chi connectivity index (χ1n) is 9.39. The van der Waals surface area contributed by atoms with Gasteiger partial charge in [0.15, 0.2) is 5.96 Å². The molecule has 0 aliphatic heterocycles. The van der Waals surface area contributed by atoms with E-state index in [2.05, 4.69) is 65.9 Å². The topological polar surface area (TPSA) is 67.1 Å². The summed E-state index contributed by atoms with van der Waals surface area (Å²) >= 11 is 1.68. The summed E-state index contributed by atoms with van der Waals surface area (Å²) in [6.45, 7) is 9.31. The van der Waals surface area contributed by atoms with Crippen LogP contribution in [0, 0.1) is 0 Å². The highest BCUT2D eigenvalue weighted by Crippen LogP contribution is 2.23. The molecule has 8 heteroatoms. The van der Waals surface area contributed by atoms with Crippen LogP contribution in [-0.2, 0) is 12.0 Å². The van der Waals surface area contributed by atoms with E-state index in [0.717, 1.165) is 22.3 Å². The molecule has 2 heterocycles. The van der Waals surface area contributed by atoms with Gasteiger partial charge in [0.2, 0.25) is 0 Å². The SMILES string of the molecule is CN=C(NCc1nc(C(C)(C)C)cs1)NC(C)c1cccc(-n2cccn2)c1.I. The molecule has 1 atom stereocenters. The molecule has 0 radical (unpaired) electrons. The van der Waals surface area contributed by atoms with Crippen LogP contribution in [-0.4, -0.2) is 27.8 Å². The number of hydrogen-bond acceptors (Lipinski definition) is 4. The highest BCUT2D eigenvalue weighted by molar-refractivity contribution is 14.0. The van der Waals surface area contributed by atoms with Crippen LogP contribution in [0.15, 0.2) is 53.1 Å². The summed E-state index contributed by atoms with van der Waals surface area (Å²) in [6, 6.07) is 10.4. The Morgan fingerprint density at radius 1 is 1.28 bits per heavy atom. The van der Waals surface area contributed by atoms with Crippen molar-refractivity contribution < 1.29 is 0 Å². The van der Waals surface area contributed by atoms with Gasteiger partial charge in [-0.05, 0) is 30.7 Å². The third kappa shape index (κ3) is 6.27. The minimum absolute atomic E-state index is 0. The Labute approximate surface area is 193 Å². The van der Waals surface area contributed by atoms with Gasteiger partial charge in [-0.15, -0.1) is 35.3 Å². The maximum absolute atomic E-state index is 4.73. The van der Waals surface area contributed by atoms with Gasteiger partial charge in [-0.25, -0.2) is 9.67 Å². The third-order valence-electron chi connectivity index (χ3n) is 4.44. The number of guanidine groups is 1. The Balaban J connectivity index is 0.00000300. The molecule has 2 N–H and O–H groups in total. The van der Waals surface area contributed by atoms with Gasteiger partial charge in [0, 0.05) is 30.2 Å². The van der Waals surface area contributed by atoms with Crippen molar-refractivity contribution in [2.45, 2.75) is 45.7 Å². The largest absolute Gasteiger partial charge is 0.350 e. The van der Waals surface area contributed by atoms with Crippen LogP contribution < -0.4 is 10.6 Å². The van der Waals surface area contributed by atoms with Gasteiger partial charge in [-0.2, -0.15) is 5.10 Å². The van der Waals surface area contributed by atoms with Crippen molar-refractivity contribution in [3.8, 4) is 5.69 Å². The Hall–Kier alpha value is -1.94. The molecule has 0 bridgehead atoms. The van der Waals surface area contributed by atoms with Gasteiger partial charge >= 0.3 is 0 Å². The highest BCUT2D eigenvalue weighted by Gasteiger charge is 2.17. The molecule has 2 aromatic heterocycles. The Morgan fingerprint density at radius 3 is 2.69 bits per heavy atom. The molecule has 29 heavy (non-hydrogen) atoms. The summed E-state index contributed by atoms with van der Waals surface area (Å²) in [4.78, 5) is 9.08. The van der Waals surface area contributed by atoms with Gasteiger partial charge < -0.3 is 10.6 Å². The molecule has 0 saturated carbocycles. The summed E-state index contributed by atoms with van der Waals surface area (Å²) in [7, 11) is 1.78. The quantitative estimate of drug-likeness (QED) is 0.289. The fourth-order valence-electron chi connectivity index (χ4n) is 2.74. The predicted octanol–water partition coefficient (Wildman–Crippen LogP) is 4.67. The molecule has 0 amide bonds. The van der Waals surface area contributed by atoms with E-state index in [4.69, 9.17) is 4.98 Å². The van der Waals surface area contributed by atoms with Gasteiger partial charge in [0.1, 0.15) is 5.01 Å². The lowest BCUT2D eigenvalue weighted by Gasteiger charge is -2.18. The number of rotatable bonds is 5. The molecular weight excluding hydrogens is 495 g/mol. The maximum Gasteiger partial charge on any atom is 0.191 e. The number of thiazole rings is 1. The van der Waals surface area contributed by atoms with E-state index in [1.165, 1.54) is 5.56 Å². The predicted molar refractivity (Wildman–Crippen MR) is 132 cm³/mol. The number of benzene rings is 1. The van der Waals surface area contributed by atoms with E-state index in [1.807, 2.05) is 29.1 Å². The summed E-state index contributed by atoms with van der Waals surface area (Å²) in [5.41, 5.74) is 3.40. The average molecular weight is 524 g/mol. The molecule has 3 rings (SSSR count).